The average Bonchev–Trinajstić information content (AvgIpc) is 2.39. The Balaban J connectivity index is 2.54. The molecule has 0 aromatic heterocycles. The van der Waals surface area contributed by atoms with E-state index in [0.29, 0.717) is 19.4 Å². The van der Waals surface area contributed by atoms with Crippen LogP contribution in [0.15, 0.2) is 24.3 Å². The van der Waals surface area contributed by atoms with E-state index in [1.165, 1.54) is 12.1 Å². The lowest BCUT2D eigenvalue weighted by Crippen LogP contribution is -2.50. The smallest absolute Gasteiger partial charge is 0.323 e. The summed E-state index contributed by atoms with van der Waals surface area (Å²) in [5, 5.41) is 22.8. The average molecular weight is 280 g/mol. The van der Waals surface area contributed by atoms with Crippen molar-refractivity contribution in [3.63, 3.8) is 0 Å². The quantitative estimate of drug-likeness (QED) is 0.563. The second-order valence-corrected chi connectivity index (χ2v) is 4.99. The van der Waals surface area contributed by atoms with Gasteiger partial charge in [-0.25, -0.2) is 0 Å². The normalized spacial score (nSPS) is 13.7. The molecular weight excluding hydrogens is 260 g/mol. The largest absolute Gasteiger partial charge is 0.480 e. The molecule has 1 rings (SSSR count). The minimum absolute atomic E-state index is 0.0584. The lowest BCUT2D eigenvalue weighted by molar-refractivity contribution is -0.384. The Morgan fingerprint density at radius 2 is 2.00 bits per heavy atom. The van der Waals surface area contributed by atoms with Gasteiger partial charge in [-0.05, 0) is 25.3 Å². The Labute approximate surface area is 118 Å². The van der Waals surface area contributed by atoms with E-state index in [9.17, 15) is 20.0 Å². The highest BCUT2D eigenvalue weighted by Crippen LogP contribution is 2.14. The van der Waals surface area contributed by atoms with Crippen LogP contribution >= 0.6 is 0 Å². The van der Waals surface area contributed by atoms with Crippen LogP contribution in [-0.2, 0) is 11.2 Å². The topological polar surface area (TPSA) is 92.5 Å². The number of nitro groups is 1. The number of hydrogen-bond acceptors (Lipinski definition) is 4. The number of carboxylic acid groups (broad SMARTS) is 1. The van der Waals surface area contributed by atoms with Crippen LogP contribution in [-0.4, -0.2) is 28.1 Å². The zero-order valence-corrected chi connectivity index (χ0v) is 11.8. The van der Waals surface area contributed by atoms with Crippen molar-refractivity contribution < 1.29 is 14.8 Å². The van der Waals surface area contributed by atoms with Crippen molar-refractivity contribution in [2.24, 2.45) is 0 Å². The summed E-state index contributed by atoms with van der Waals surface area (Å²) in [7, 11) is 0. The van der Waals surface area contributed by atoms with Gasteiger partial charge in [-0.15, -0.1) is 0 Å². The van der Waals surface area contributed by atoms with Gasteiger partial charge in [0.2, 0.25) is 0 Å². The fourth-order valence-corrected chi connectivity index (χ4v) is 2.04. The molecule has 6 nitrogen and oxygen atoms in total. The van der Waals surface area contributed by atoms with Crippen molar-refractivity contribution in [1.29, 1.82) is 0 Å². The Bertz CT molecular complexity index is 473. The van der Waals surface area contributed by atoms with Crippen LogP contribution in [0.1, 0.15) is 32.3 Å². The van der Waals surface area contributed by atoms with Gasteiger partial charge >= 0.3 is 5.97 Å². The minimum atomic E-state index is -0.921. The van der Waals surface area contributed by atoms with Gasteiger partial charge in [-0.1, -0.05) is 25.5 Å². The van der Waals surface area contributed by atoms with Crippen LogP contribution in [0.25, 0.3) is 0 Å². The molecule has 0 saturated heterocycles. The first-order chi connectivity index (χ1) is 9.39. The molecule has 1 aromatic carbocycles. The van der Waals surface area contributed by atoms with Gasteiger partial charge in [0.25, 0.3) is 5.69 Å². The van der Waals surface area contributed by atoms with E-state index in [4.69, 9.17) is 0 Å². The molecule has 1 aromatic rings. The van der Waals surface area contributed by atoms with E-state index in [-0.39, 0.29) is 5.69 Å². The maximum atomic E-state index is 11.2. The lowest BCUT2D eigenvalue weighted by atomic mass is 9.96. The summed E-state index contributed by atoms with van der Waals surface area (Å²) < 4.78 is 0. The third-order valence-corrected chi connectivity index (χ3v) is 3.30. The third kappa shape index (κ3) is 4.31. The predicted octanol–water partition coefficient (Wildman–Crippen LogP) is 2.37. The minimum Gasteiger partial charge on any atom is -0.480 e. The summed E-state index contributed by atoms with van der Waals surface area (Å²) in [4.78, 5) is 21.3. The molecule has 0 amide bonds. The van der Waals surface area contributed by atoms with Crippen LogP contribution in [0.2, 0.25) is 0 Å². The highest BCUT2D eigenvalue weighted by atomic mass is 16.6. The van der Waals surface area contributed by atoms with Gasteiger partial charge < -0.3 is 10.4 Å². The van der Waals surface area contributed by atoms with Gasteiger partial charge in [-0.3, -0.25) is 14.9 Å². The summed E-state index contributed by atoms with van der Waals surface area (Å²) in [6, 6.07) is 6.30. The van der Waals surface area contributed by atoms with E-state index >= 15 is 0 Å². The number of rotatable bonds is 8. The second kappa shape index (κ2) is 7.00. The SMILES string of the molecule is CCCC(C)(NCCc1ccc([N+](=O)[O-])cc1)C(=O)O. The van der Waals surface area contributed by atoms with Gasteiger partial charge in [0.05, 0.1) is 4.92 Å². The van der Waals surface area contributed by atoms with Gasteiger partial charge in [0, 0.05) is 18.7 Å². The van der Waals surface area contributed by atoms with E-state index < -0.39 is 16.4 Å². The summed E-state index contributed by atoms with van der Waals surface area (Å²) >= 11 is 0. The van der Waals surface area contributed by atoms with Crippen molar-refractivity contribution in [3.8, 4) is 0 Å². The van der Waals surface area contributed by atoms with Crippen LogP contribution in [0.3, 0.4) is 0 Å². The van der Waals surface area contributed by atoms with E-state index in [1.807, 2.05) is 6.92 Å². The molecule has 110 valence electrons. The van der Waals surface area contributed by atoms with Crippen LogP contribution in [0.4, 0.5) is 5.69 Å². The van der Waals surface area contributed by atoms with Gasteiger partial charge in [0.15, 0.2) is 0 Å². The Hall–Kier alpha value is -1.95. The Morgan fingerprint density at radius 1 is 1.40 bits per heavy atom. The Kier molecular flexibility index (Phi) is 5.64. The predicted molar refractivity (Wildman–Crippen MR) is 75.8 cm³/mol. The molecule has 0 saturated carbocycles. The van der Waals surface area contributed by atoms with E-state index in [2.05, 4.69) is 5.32 Å². The van der Waals surface area contributed by atoms with Crippen LogP contribution in [0.5, 0.6) is 0 Å². The highest BCUT2D eigenvalue weighted by Gasteiger charge is 2.30. The molecule has 0 spiro atoms. The summed E-state index contributed by atoms with van der Waals surface area (Å²) in [6.07, 6.45) is 1.97. The second-order valence-electron chi connectivity index (χ2n) is 4.99. The fourth-order valence-electron chi connectivity index (χ4n) is 2.04. The number of non-ortho nitro benzene ring substituents is 1. The van der Waals surface area contributed by atoms with Gasteiger partial charge in [-0.2, -0.15) is 0 Å². The molecular formula is C14H20N2O4. The number of nitrogens with zero attached hydrogens (tertiary/aromatic N) is 1. The standard InChI is InChI=1S/C14H20N2O4/c1-3-9-14(2,13(17)18)15-10-8-11-4-6-12(7-5-11)16(19)20/h4-7,15H,3,8-10H2,1-2H3,(H,17,18). The molecule has 0 aliphatic heterocycles. The number of carbonyl (C=O) groups is 1. The summed E-state index contributed by atoms with van der Waals surface area (Å²) in [6.45, 7) is 4.13. The highest BCUT2D eigenvalue weighted by molar-refractivity contribution is 5.78. The van der Waals surface area contributed by atoms with E-state index in [1.54, 1.807) is 19.1 Å². The molecule has 2 N–H and O–H groups in total. The number of aliphatic carboxylic acids is 1. The van der Waals surface area contributed by atoms with Gasteiger partial charge in [0.1, 0.15) is 5.54 Å². The number of nitro benzene ring substituents is 1. The first-order valence-corrected chi connectivity index (χ1v) is 6.61. The van der Waals surface area contributed by atoms with Crippen molar-refractivity contribution >= 4 is 11.7 Å². The number of carboxylic acids is 1. The number of hydrogen-bond donors (Lipinski definition) is 2. The maximum Gasteiger partial charge on any atom is 0.323 e. The molecule has 0 aliphatic carbocycles. The summed E-state index contributed by atoms with van der Waals surface area (Å²) in [5.41, 5.74) is 0.0746. The van der Waals surface area contributed by atoms with Crippen molar-refractivity contribution in [3.05, 3.63) is 39.9 Å². The third-order valence-electron chi connectivity index (χ3n) is 3.30. The number of benzene rings is 1. The monoisotopic (exact) mass is 280 g/mol. The molecule has 6 heteroatoms. The maximum absolute atomic E-state index is 11.2. The summed E-state index contributed by atoms with van der Waals surface area (Å²) in [5.74, 6) is -0.858. The fraction of sp³-hybridized carbons (Fsp3) is 0.500. The molecule has 20 heavy (non-hydrogen) atoms. The zero-order chi connectivity index (χ0) is 15.2. The molecule has 0 radical (unpaired) electrons. The zero-order valence-electron chi connectivity index (χ0n) is 11.8. The van der Waals surface area contributed by atoms with Crippen molar-refractivity contribution in [1.82, 2.24) is 5.32 Å². The molecule has 0 aliphatic rings. The molecule has 0 fully saturated rings. The first kappa shape index (κ1) is 16.1. The molecule has 0 bridgehead atoms. The number of nitrogens with one attached hydrogen (secondary N) is 1. The lowest BCUT2D eigenvalue weighted by Gasteiger charge is -2.25. The molecule has 0 heterocycles. The Morgan fingerprint density at radius 3 is 2.45 bits per heavy atom. The van der Waals surface area contributed by atoms with Crippen molar-refractivity contribution in [2.75, 3.05) is 6.54 Å². The molecule has 1 unspecified atom stereocenters. The first-order valence-electron chi connectivity index (χ1n) is 6.61. The molecule has 1 atom stereocenters. The van der Waals surface area contributed by atoms with Crippen LogP contribution < -0.4 is 5.32 Å². The van der Waals surface area contributed by atoms with Crippen molar-refractivity contribution in [2.45, 2.75) is 38.6 Å². The van der Waals surface area contributed by atoms with E-state index in [0.717, 1.165) is 12.0 Å². The van der Waals surface area contributed by atoms with Crippen LogP contribution in [0, 0.1) is 10.1 Å².